The van der Waals surface area contributed by atoms with Crippen LogP contribution in [0.3, 0.4) is 0 Å². The first-order chi connectivity index (χ1) is 10.6. The van der Waals surface area contributed by atoms with Gasteiger partial charge in [-0.05, 0) is 56.9 Å². The monoisotopic (exact) mass is 304 g/mol. The molecule has 0 aromatic heterocycles. The first-order valence-electron chi connectivity index (χ1n) is 7.72. The van der Waals surface area contributed by atoms with Crippen molar-refractivity contribution in [2.24, 2.45) is 5.73 Å². The van der Waals surface area contributed by atoms with E-state index in [9.17, 15) is 10.1 Å². The standard InChI is InChI=1S/C16H24N4O2/c1-2-9-19(10-4-3-8-17)11-7-14-5-6-16(20(21)22)15(12-14)13-18/h5-6,12H,2-4,7-11,17H2,1H3. The molecule has 0 saturated heterocycles. The molecule has 0 amide bonds. The van der Waals surface area contributed by atoms with Gasteiger partial charge in [-0.1, -0.05) is 13.0 Å². The smallest absolute Gasteiger partial charge is 0.287 e. The molecule has 0 radical (unpaired) electrons. The number of nitriles is 1. The Morgan fingerprint density at radius 1 is 1.32 bits per heavy atom. The fourth-order valence-corrected chi connectivity index (χ4v) is 2.41. The molecule has 6 heteroatoms. The third-order valence-electron chi connectivity index (χ3n) is 3.56. The van der Waals surface area contributed by atoms with Gasteiger partial charge in [0.05, 0.1) is 4.92 Å². The van der Waals surface area contributed by atoms with Crippen LogP contribution in [0.5, 0.6) is 0 Å². The molecule has 0 aliphatic heterocycles. The lowest BCUT2D eigenvalue weighted by Crippen LogP contribution is -2.28. The van der Waals surface area contributed by atoms with E-state index < -0.39 is 4.92 Å². The first-order valence-corrected chi connectivity index (χ1v) is 7.72. The van der Waals surface area contributed by atoms with Crippen molar-refractivity contribution < 1.29 is 4.92 Å². The van der Waals surface area contributed by atoms with Crippen molar-refractivity contribution in [2.45, 2.75) is 32.6 Å². The average Bonchev–Trinajstić information content (AvgIpc) is 2.52. The molecule has 1 aromatic rings. The van der Waals surface area contributed by atoms with Crippen LogP contribution in [-0.2, 0) is 6.42 Å². The van der Waals surface area contributed by atoms with E-state index in [2.05, 4.69) is 11.8 Å². The second kappa shape index (κ2) is 9.87. The Morgan fingerprint density at radius 3 is 2.68 bits per heavy atom. The molecule has 0 unspecified atom stereocenters. The molecule has 0 aliphatic rings. The molecular weight excluding hydrogens is 280 g/mol. The predicted octanol–water partition coefficient (Wildman–Crippen LogP) is 2.46. The molecule has 1 rings (SSSR count). The number of hydrogen-bond acceptors (Lipinski definition) is 5. The van der Waals surface area contributed by atoms with Gasteiger partial charge < -0.3 is 10.6 Å². The SMILES string of the molecule is CCCN(CCCCN)CCc1ccc([N+](=O)[O-])c(C#N)c1. The van der Waals surface area contributed by atoms with Gasteiger partial charge in [0.1, 0.15) is 11.6 Å². The number of nitrogens with two attached hydrogens (primary N) is 1. The number of hydrogen-bond donors (Lipinski definition) is 1. The maximum atomic E-state index is 10.8. The second-order valence-corrected chi connectivity index (χ2v) is 5.31. The van der Waals surface area contributed by atoms with E-state index in [4.69, 9.17) is 11.0 Å². The fraction of sp³-hybridized carbons (Fsp3) is 0.562. The van der Waals surface area contributed by atoms with Crippen molar-refractivity contribution in [3.8, 4) is 6.07 Å². The minimum Gasteiger partial charge on any atom is -0.330 e. The van der Waals surface area contributed by atoms with Crippen LogP contribution in [-0.4, -0.2) is 36.0 Å². The van der Waals surface area contributed by atoms with E-state index in [1.54, 1.807) is 12.1 Å². The third-order valence-corrected chi connectivity index (χ3v) is 3.56. The highest BCUT2D eigenvalue weighted by atomic mass is 16.6. The van der Waals surface area contributed by atoms with Gasteiger partial charge in [-0.3, -0.25) is 10.1 Å². The second-order valence-electron chi connectivity index (χ2n) is 5.31. The van der Waals surface area contributed by atoms with Crippen LogP contribution in [0.15, 0.2) is 18.2 Å². The quantitative estimate of drug-likeness (QED) is 0.407. The summed E-state index contributed by atoms with van der Waals surface area (Å²) in [6, 6.07) is 6.69. The maximum absolute atomic E-state index is 10.8. The van der Waals surface area contributed by atoms with Gasteiger partial charge in [0.25, 0.3) is 5.69 Å². The lowest BCUT2D eigenvalue weighted by atomic mass is 10.1. The highest BCUT2D eigenvalue weighted by Gasteiger charge is 2.14. The molecule has 6 nitrogen and oxygen atoms in total. The zero-order chi connectivity index (χ0) is 16.4. The van der Waals surface area contributed by atoms with Crippen molar-refractivity contribution in [1.29, 1.82) is 5.26 Å². The zero-order valence-corrected chi connectivity index (χ0v) is 13.1. The van der Waals surface area contributed by atoms with Crippen molar-refractivity contribution >= 4 is 5.69 Å². The number of rotatable bonds is 10. The summed E-state index contributed by atoms with van der Waals surface area (Å²) in [6.45, 7) is 5.80. The summed E-state index contributed by atoms with van der Waals surface area (Å²) in [5.74, 6) is 0. The molecule has 0 saturated carbocycles. The van der Waals surface area contributed by atoms with Crippen LogP contribution in [0.25, 0.3) is 0 Å². The Kier molecular flexibility index (Phi) is 8.11. The molecule has 2 N–H and O–H groups in total. The summed E-state index contributed by atoms with van der Waals surface area (Å²) in [6.07, 6.45) is 3.98. The summed E-state index contributed by atoms with van der Waals surface area (Å²) >= 11 is 0. The number of benzene rings is 1. The summed E-state index contributed by atoms with van der Waals surface area (Å²) in [5, 5.41) is 19.8. The highest BCUT2D eigenvalue weighted by Crippen LogP contribution is 2.19. The van der Waals surface area contributed by atoms with Gasteiger partial charge in [0, 0.05) is 12.6 Å². The molecule has 0 spiro atoms. The predicted molar refractivity (Wildman–Crippen MR) is 86.5 cm³/mol. The summed E-state index contributed by atoms with van der Waals surface area (Å²) < 4.78 is 0. The molecule has 0 heterocycles. The topological polar surface area (TPSA) is 96.2 Å². The molecule has 0 aliphatic carbocycles. The van der Waals surface area contributed by atoms with E-state index in [0.29, 0.717) is 6.54 Å². The lowest BCUT2D eigenvalue weighted by molar-refractivity contribution is -0.385. The van der Waals surface area contributed by atoms with Gasteiger partial charge in [-0.25, -0.2) is 0 Å². The van der Waals surface area contributed by atoms with E-state index in [1.807, 2.05) is 6.07 Å². The van der Waals surface area contributed by atoms with E-state index >= 15 is 0 Å². The average molecular weight is 304 g/mol. The van der Waals surface area contributed by atoms with Gasteiger partial charge in [-0.15, -0.1) is 0 Å². The van der Waals surface area contributed by atoms with Gasteiger partial charge in [0.15, 0.2) is 0 Å². The Morgan fingerprint density at radius 2 is 2.09 bits per heavy atom. The summed E-state index contributed by atoms with van der Waals surface area (Å²) in [4.78, 5) is 12.7. The minimum atomic E-state index is -0.515. The largest absolute Gasteiger partial charge is 0.330 e. The highest BCUT2D eigenvalue weighted by molar-refractivity contribution is 5.50. The number of nitro groups is 1. The summed E-state index contributed by atoms with van der Waals surface area (Å²) in [7, 11) is 0. The molecule has 0 bridgehead atoms. The third kappa shape index (κ3) is 5.80. The van der Waals surface area contributed by atoms with Crippen molar-refractivity contribution in [3.05, 3.63) is 39.4 Å². The zero-order valence-electron chi connectivity index (χ0n) is 13.1. The van der Waals surface area contributed by atoms with E-state index in [-0.39, 0.29) is 11.3 Å². The van der Waals surface area contributed by atoms with Crippen molar-refractivity contribution in [3.63, 3.8) is 0 Å². The Hall–Kier alpha value is -1.97. The van der Waals surface area contributed by atoms with Crippen LogP contribution >= 0.6 is 0 Å². The van der Waals surface area contributed by atoms with Gasteiger partial charge in [0.2, 0.25) is 0 Å². The molecule has 0 fully saturated rings. The van der Waals surface area contributed by atoms with Crippen LogP contribution in [0.2, 0.25) is 0 Å². The van der Waals surface area contributed by atoms with Crippen molar-refractivity contribution in [1.82, 2.24) is 4.90 Å². The molecule has 120 valence electrons. The molecule has 22 heavy (non-hydrogen) atoms. The Labute approximate surface area is 131 Å². The van der Waals surface area contributed by atoms with Crippen LogP contribution < -0.4 is 5.73 Å². The molecule has 0 atom stereocenters. The first kappa shape index (κ1) is 18.1. The Balaban J connectivity index is 2.65. The Bertz CT molecular complexity index is 525. The molecule has 1 aromatic carbocycles. The van der Waals surface area contributed by atoms with Gasteiger partial charge in [-0.2, -0.15) is 5.26 Å². The maximum Gasteiger partial charge on any atom is 0.287 e. The van der Waals surface area contributed by atoms with Crippen LogP contribution in [0, 0.1) is 21.4 Å². The van der Waals surface area contributed by atoms with Crippen LogP contribution in [0.4, 0.5) is 5.69 Å². The van der Waals surface area contributed by atoms with Crippen LogP contribution in [0.1, 0.15) is 37.3 Å². The molecular formula is C16H24N4O2. The van der Waals surface area contributed by atoms with Crippen molar-refractivity contribution in [2.75, 3.05) is 26.2 Å². The van der Waals surface area contributed by atoms with E-state index in [0.717, 1.165) is 50.9 Å². The number of nitrogens with zero attached hydrogens (tertiary/aromatic N) is 3. The minimum absolute atomic E-state index is 0.125. The van der Waals surface area contributed by atoms with Gasteiger partial charge >= 0.3 is 0 Å². The number of nitro benzene ring substituents is 1. The normalized spacial score (nSPS) is 10.6. The van der Waals surface area contributed by atoms with E-state index in [1.165, 1.54) is 6.07 Å². The fourth-order valence-electron chi connectivity index (χ4n) is 2.41. The summed E-state index contributed by atoms with van der Waals surface area (Å²) in [5.41, 5.74) is 6.49. The lowest BCUT2D eigenvalue weighted by Gasteiger charge is -2.21. The number of unbranched alkanes of at least 4 members (excludes halogenated alkanes) is 1.